The average molecular weight is 316 g/mol. The van der Waals surface area contributed by atoms with E-state index in [-0.39, 0.29) is 16.2 Å². The van der Waals surface area contributed by atoms with Gasteiger partial charge < -0.3 is 9.73 Å². The number of rotatable bonds is 4. The summed E-state index contributed by atoms with van der Waals surface area (Å²) in [6.07, 6.45) is 2.25. The Morgan fingerprint density at radius 2 is 2.11 bits per heavy atom. The van der Waals surface area contributed by atoms with E-state index in [0.717, 1.165) is 12.1 Å². The molecule has 0 amide bonds. The molecule has 18 heavy (non-hydrogen) atoms. The SMILES string of the molecule is CCC(Nc1cc(F)c(Br)cc1F)c1ccco1. The Balaban J connectivity index is 2.25. The molecule has 1 atom stereocenters. The van der Waals surface area contributed by atoms with Crippen LogP contribution in [-0.4, -0.2) is 0 Å². The van der Waals surface area contributed by atoms with Crippen LogP contribution in [0.4, 0.5) is 14.5 Å². The standard InChI is InChI=1S/C13H12BrF2NO/c1-2-11(13-4-3-5-18-13)17-12-7-9(15)8(14)6-10(12)16/h3-7,11,17H,2H2,1H3. The molecule has 96 valence electrons. The monoisotopic (exact) mass is 315 g/mol. The van der Waals surface area contributed by atoms with Gasteiger partial charge in [0.15, 0.2) is 0 Å². The molecule has 2 rings (SSSR count). The highest BCUT2D eigenvalue weighted by molar-refractivity contribution is 9.10. The Kier molecular flexibility index (Phi) is 4.01. The van der Waals surface area contributed by atoms with Gasteiger partial charge in [0.2, 0.25) is 0 Å². The highest BCUT2D eigenvalue weighted by atomic mass is 79.9. The van der Waals surface area contributed by atoms with Gasteiger partial charge in [0, 0.05) is 6.07 Å². The van der Waals surface area contributed by atoms with Crippen LogP contribution in [0.5, 0.6) is 0 Å². The fraction of sp³-hybridized carbons (Fsp3) is 0.231. The van der Waals surface area contributed by atoms with Crippen molar-refractivity contribution < 1.29 is 13.2 Å². The molecule has 5 heteroatoms. The van der Waals surface area contributed by atoms with Gasteiger partial charge in [-0.1, -0.05) is 6.92 Å². The van der Waals surface area contributed by atoms with Crippen LogP contribution in [0.2, 0.25) is 0 Å². The molecule has 0 bridgehead atoms. The third kappa shape index (κ3) is 2.72. The van der Waals surface area contributed by atoms with Gasteiger partial charge in [0.1, 0.15) is 17.4 Å². The van der Waals surface area contributed by atoms with Gasteiger partial charge in [-0.15, -0.1) is 0 Å². The van der Waals surface area contributed by atoms with Crippen molar-refractivity contribution in [3.05, 3.63) is 52.4 Å². The molecule has 2 aromatic rings. The molecular weight excluding hydrogens is 304 g/mol. The van der Waals surface area contributed by atoms with Crippen LogP contribution < -0.4 is 5.32 Å². The van der Waals surface area contributed by atoms with Crippen LogP contribution in [0.15, 0.2) is 39.4 Å². The fourth-order valence-electron chi connectivity index (χ4n) is 1.68. The van der Waals surface area contributed by atoms with Crippen LogP contribution in [0.1, 0.15) is 25.1 Å². The van der Waals surface area contributed by atoms with E-state index in [2.05, 4.69) is 21.2 Å². The minimum Gasteiger partial charge on any atom is -0.467 e. The Morgan fingerprint density at radius 3 is 2.72 bits per heavy atom. The molecule has 0 saturated heterocycles. The number of nitrogens with one attached hydrogen (secondary N) is 1. The molecule has 1 N–H and O–H groups in total. The third-order valence-electron chi connectivity index (χ3n) is 2.63. The number of furan rings is 1. The Morgan fingerprint density at radius 1 is 1.33 bits per heavy atom. The first-order valence-electron chi connectivity index (χ1n) is 5.56. The fourth-order valence-corrected chi connectivity index (χ4v) is 2.00. The van der Waals surface area contributed by atoms with Crippen molar-refractivity contribution in [2.45, 2.75) is 19.4 Å². The Labute approximate surface area is 112 Å². The first-order chi connectivity index (χ1) is 8.61. The molecule has 1 unspecified atom stereocenters. The van der Waals surface area contributed by atoms with Gasteiger partial charge in [-0.3, -0.25) is 0 Å². The number of halogens is 3. The summed E-state index contributed by atoms with van der Waals surface area (Å²) in [5.74, 6) is -0.318. The van der Waals surface area contributed by atoms with E-state index in [1.54, 1.807) is 18.4 Å². The number of anilines is 1. The quantitative estimate of drug-likeness (QED) is 0.813. The number of hydrogen-bond donors (Lipinski definition) is 1. The zero-order chi connectivity index (χ0) is 13.1. The van der Waals surface area contributed by atoms with E-state index < -0.39 is 11.6 Å². The molecule has 2 nitrogen and oxygen atoms in total. The minimum absolute atomic E-state index is 0.108. The third-order valence-corrected chi connectivity index (χ3v) is 3.24. The van der Waals surface area contributed by atoms with Crippen molar-refractivity contribution >= 4 is 21.6 Å². The number of hydrogen-bond acceptors (Lipinski definition) is 2. The van der Waals surface area contributed by atoms with Crippen molar-refractivity contribution in [2.75, 3.05) is 5.32 Å². The summed E-state index contributed by atoms with van der Waals surface area (Å²) in [5, 5.41) is 2.94. The molecule has 1 aromatic carbocycles. The minimum atomic E-state index is -0.506. The first-order valence-corrected chi connectivity index (χ1v) is 6.35. The van der Waals surface area contributed by atoms with E-state index in [0.29, 0.717) is 12.2 Å². The zero-order valence-electron chi connectivity index (χ0n) is 9.71. The van der Waals surface area contributed by atoms with E-state index in [1.165, 1.54) is 0 Å². The van der Waals surface area contributed by atoms with Crippen molar-refractivity contribution in [3.63, 3.8) is 0 Å². The second-order valence-electron chi connectivity index (χ2n) is 3.87. The lowest BCUT2D eigenvalue weighted by molar-refractivity contribution is 0.472. The maximum Gasteiger partial charge on any atom is 0.147 e. The van der Waals surface area contributed by atoms with Crippen molar-refractivity contribution in [1.29, 1.82) is 0 Å². The van der Waals surface area contributed by atoms with Gasteiger partial charge in [0.05, 0.1) is 22.5 Å². The molecule has 1 heterocycles. The van der Waals surface area contributed by atoms with Crippen LogP contribution in [0.25, 0.3) is 0 Å². The number of benzene rings is 1. The van der Waals surface area contributed by atoms with Crippen LogP contribution in [0, 0.1) is 11.6 Å². The van der Waals surface area contributed by atoms with Gasteiger partial charge >= 0.3 is 0 Å². The van der Waals surface area contributed by atoms with Crippen molar-refractivity contribution in [3.8, 4) is 0 Å². The molecule has 0 aliphatic carbocycles. The molecule has 0 radical (unpaired) electrons. The summed E-state index contributed by atoms with van der Waals surface area (Å²) >= 11 is 2.94. The van der Waals surface area contributed by atoms with Crippen LogP contribution in [-0.2, 0) is 0 Å². The second kappa shape index (κ2) is 5.52. The van der Waals surface area contributed by atoms with Gasteiger partial charge in [-0.25, -0.2) is 8.78 Å². The van der Waals surface area contributed by atoms with E-state index in [9.17, 15) is 8.78 Å². The molecular formula is C13H12BrF2NO. The maximum absolute atomic E-state index is 13.7. The summed E-state index contributed by atoms with van der Waals surface area (Å²) in [7, 11) is 0. The van der Waals surface area contributed by atoms with Gasteiger partial charge in [0.25, 0.3) is 0 Å². The molecule has 1 aromatic heterocycles. The van der Waals surface area contributed by atoms with E-state index >= 15 is 0 Å². The first kappa shape index (κ1) is 13.1. The molecule has 0 spiro atoms. The van der Waals surface area contributed by atoms with E-state index in [1.807, 2.05) is 6.92 Å². The molecule has 0 aliphatic heterocycles. The molecule has 0 saturated carbocycles. The van der Waals surface area contributed by atoms with E-state index in [4.69, 9.17) is 4.42 Å². The van der Waals surface area contributed by atoms with Gasteiger partial charge in [-0.05, 0) is 40.5 Å². The summed E-state index contributed by atoms with van der Waals surface area (Å²) in [4.78, 5) is 0. The largest absolute Gasteiger partial charge is 0.467 e. The summed E-state index contributed by atoms with van der Waals surface area (Å²) in [6.45, 7) is 1.94. The Hall–Kier alpha value is -1.36. The molecule has 0 aliphatic rings. The highest BCUT2D eigenvalue weighted by Crippen LogP contribution is 2.28. The maximum atomic E-state index is 13.7. The van der Waals surface area contributed by atoms with Crippen LogP contribution >= 0.6 is 15.9 Å². The predicted molar refractivity (Wildman–Crippen MR) is 69.4 cm³/mol. The lowest BCUT2D eigenvalue weighted by atomic mass is 10.1. The molecule has 0 fully saturated rings. The lowest BCUT2D eigenvalue weighted by Gasteiger charge is -2.16. The summed E-state index contributed by atoms with van der Waals surface area (Å²) in [6, 6.07) is 5.61. The predicted octanol–water partition coefficient (Wildman–Crippen LogP) is 4.88. The summed E-state index contributed by atoms with van der Waals surface area (Å²) < 4.78 is 32.4. The normalized spacial score (nSPS) is 12.4. The van der Waals surface area contributed by atoms with Crippen LogP contribution in [0.3, 0.4) is 0 Å². The second-order valence-corrected chi connectivity index (χ2v) is 4.72. The Bertz CT molecular complexity index is 528. The lowest BCUT2D eigenvalue weighted by Crippen LogP contribution is -2.10. The average Bonchev–Trinajstić information content (AvgIpc) is 2.85. The van der Waals surface area contributed by atoms with Gasteiger partial charge in [-0.2, -0.15) is 0 Å². The summed E-state index contributed by atoms with van der Waals surface area (Å²) in [5.41, 5.74) is 0.124. The topological polar surface area (TPSA) is 25.2 Å². The van der Waals surface area contributed by atoms with Crippen molar-refractivity contribution in [1.82, 2.24) is 0 Å². The van der Waals surface area contributed by atoms with Crippen molar-refractivity contribution in [2.24, 2.45) is 0 Å². The smallest absolute Gasteiger partial charge is 0.147 e. The highest BCUT2D eigenvalue weighted by Gasteiger charge is 2.15. The zero-order valence-corrected chi connectivity index (χ0v) is 11.3.